The summed E-state index contributed by atoms with van der Waals surface area (Å²) in [7, 11) is -3.99. The van der Waals surface area contributed by atoms with E-state index in [0.717, 1.165) is 11.3 Å². The summed E-state index contributed by atoms with van der Waals surface area (Å²) >= 11 is 14.0. The maximum Gasteiger partial charge on any atom is 0.276 e. The van der Waals surface area contributed by atoms with Crippen LogP contribution in [0.15, 0.2) is 21.4 Å². The molecule has 10 nitrogen and oxygen atoms in total. The van der Waals surface area contributed by atoms with Crippen LogP contribution in [0.4, 0.5) is 8.78 Å². The molecule has 16 heteroatoms. The minimum atomic E-state index is -3.99. The Bertz CT molecular complexity index is 1590. The number of alkyl halides is 2. The highest BCUT2D eigenvalue weighted by atomic mass is 35.5. The highest BCUT2D eigenvalue weighted by Gasteiger charge is 2.42. The van der Waals surface area contributed by atoms with Crippen molar-refractivity contribution >= 4 is 50.5 Å². The van der Waals surface area contributed by atoms with Crippen LogP contribution in [0, 0.1) is 0 Å². The van der Waals surface area contributed by atoms with Crippen molar-refractivity contribution in [2.24, 2.45) is 0 Å². The third kappa shape index (κ3) is 5.74. The molecule has 2 aromatic heterocycles. The van der Waals surface area contributed by atoms with E-state index in [0.29, 0.717) is 12.8 Å². The van der Waals surface area contributed by atoms with Crippen molar-refractivity contribution in [1.82, 2.24) is 24.8 Å². The first-order valence-corrected chi connectivity index (χ1v) is 15.3. The lowest BCUT2D eigenvalue weighted by Gasteiger charge is -2.31. The van der Waals surface area contributed by atoms with Gasteiger partial charge in [0.15, 0.2) is 5.01 Å². The van der Waals surface area contributed by atoms with Crippen molar-refractivity contribution in [3.05, 3.63) is 33.8 Å². The third-order valence-corrected chi connectivity index (χ3v) is 10.5. The Balaban J connectivity index is 1.58. The Morgan fingerprint density at radius 1 is 1.15 bits per heavy atom. The minimum absolute atomic E-state index is 0.0853. The lowest BCUT2D eigenvalue weighted by atomic mass is 10.1. The molecule has 216 valence electrons. The zero-order chi connectivity index (χ0) is 29.3. The number of halogens is 4. The summed E-state index contributed by atoms with van der Waals surface area (Å²) in [6.45, 7) is 4.32. The highest BCUT2D eigenvalue weighted by molar-refractivity contribution is 7.89. The quantitative estimate of drug-likeness (QED) is 0.366. The van der Waals surface area contributed by atoms with Gasteiger partial charge in [0.25, 0.3) is 17.7 Å². The van der Waals surface area contributed by atoms with Crippen molar-refractivity contribution in [3.63, 3.8) is 0 Å². The van der Waals surface area contributed by atoms with E-state index in [1.165, 1.54) is 30.9 Å². The number of nitrogens with zero attached hydrogens (tertiary/aromatic N) is 4. The summed E-state index contributed by atoms with van der Waals surface area (Å²) in [5.41, 5.74) is -1.89. The van der Waals surface area contributed by atoms with Crippen LogP contribution in [0.25, 0.3) is 21.3 Å². The SMILES string of the molecule is CC1(NS(=O)(=O)c2ccc(-c3sc(-c4nnc(C(C)(C)O)o4)nc3C(=O)N3CCC(F)(F)CC3)c(Cl)c2Cl)CC1. The predicted molar refractivity (Wildman–Crippen MR) is 144 cm³/mol. The summed E-state index contributed by atoms with van der Waals surface area (Å²) in [4.78, 5) is 19.2. The number of carbonyl (C=O) groups excluding carboxylic acids is 1. The number of likely N-dealkylation sites (tertiary alicyclic amines) is 1. The molecule has 1 aliphatic carbocycles. The first-order valence-electron chi connectivity index (χ1n) is 12.3. The van der Waals surface area contributed by atoms with Gasteiger partial charge in [0.1, 0.15) is 16.2 Å². The second-order valence-corrected chi connectivity index (χ2v) is 14.1. The molecule has 40 heavy (non-hydrogen) atoms. The second kappa shape index (κ2) is 9.95. The maximum absolute atomic E-state index is 13.8. The number of nitrogens with one attached hydrogen (secondary N) is 1. The number of piperidine rings is 1. The van der Waals surface area contributed by atoms with Crippen molar-refractivity contribution < 1.29 is 31.5 Å². The molecule has 1 saturated carbocycles. The van der Waals surface area contributed by atoms with Gasteiger partial charge < -0.3 is 14.4 Å². The lowest BCUT2D eigenvalue weighted by Crippen LogP contribution is -2.43. The molecule has 2 fully saturated rings. The van der Waals surface area contributed by atoms with Gasteiger partial charge in [-0.3, -0.25) is 4.79 Å². The van der Waals surface area contributed by atoms with E-state index in [9.17, 15) is 27.1 Å². The zero-order valence-electron chi connectivity index (χ0n) is 21.6. The smallest absolute Gasteiger partial charge is 0.276 e. The van der Waals surface area contributed by atoms with Crippen molar-refractivity contribution in [2.75, 3.05) is 13.1 Å². The number of thiazole rings is 1. The second-order valence-electron chi connectivity index (χ2n) is 10.7. The van der Waals surface area contributed by atoms with Gasteiger partial charge in [-0.05, 0) is 39.7 Å². The topological polar surface area (TPSA) is 139 Å². The molecule has 0 radical (unpaired) electrons. The van der Waals surface area contributed by atoms with Gasteiger partial charge in [-0.15, -0.1) is 21.5 Å². The van der Waals surface area contributed by atoms with E-state index in [1.54, 1.807) is 6.92 Å². The normalized spacial score (nSPS) is 18.6. The first kappa shape index (κ1) is 29.3. The molecule has 0 bridgehead atoms. The summed E-state index contributed by atoms with van der Waals surface area (Å²) in [5.74, 6) is -3.66. The van der Waals surface area contributed by atoms with Crippen LogP contribution in [0.1, 0.15) is 62.8 Å². The first-order chi connectivity index (χ1) is 18.5. The van der Waals surface area contributed by atoms with Crippen LogP contribution < -0.4 is 4.72 Å². The third-order valence-electron chi connectivity index (χ3n) is 6.71. The summed E-state index contributed by atoms with van der Waals surface area (Å²) in [5, 5.41) is 17.7. The Hall–Kier alpha value is -2.23. The highest BCUT2D eigenvalue weighted by Crippen LogP contribution is 2.45. The molecule has 2 N–H and O–H groups in total. The largest absolute Gasteiger partial charge is 0.415 e. The monoisotopic (exact) mass is 635 g/mol. The maximum atomic E-state index is 13.8. The summed E-state index contributed by atoms with van der Waals surface area (Å²) in [6, 6.07) is 2.69. The molecule has 1 amide bonds. The molecule has 5 rings (SSSR count). The number of hydrogen-bond donors (Lipinski definition) is 2. The predicted octanol–water partition coefficient (Wildman–Crippen LogP) is 5.10. The number of amides is 1. The van der Waals surface area contributed by atoms with Crippen molar-refractivity contribution in [1.29, 1.82) is 0 Å². The Kier molecular flexibility index (Phi) is 7.28. The Morgan fingerprint density at radius 2 is 1.80 bits per heavy atom. The van der Waals surface area contributed by atoms with Gasteiger partial charge >= 0.3 is 0 Å². The van der Waals surface area contributed by atoms with Gasteiger partial charge in [0.05, 0.1) is 14.9 Å². The number of aromatic nitrogens is 3. The van der Waals surface area contributed by atoms with E-state index in [-0.39, 0.29) is 61.0 Å². The van der Waals surface area contributed by atoms with Crippen LogP contribution in [-0.2, 0) is 15.6 Å². The zero-order valence-corrected chi connectivity index (χ0v) is 24.7. The molecule has 0 unspecified atom stereocenters. The molecule has 1 saturated heterocycles. The average Bonchev–Trinajstić information content (AvgIpc) is 3.25. The number of aliphatic hydroxyl groups is 1. The van der Waals surface area contributed by atoms with Gasteiger partial charge in [-0.2, -0.15) is 0 Å². The van der Waals surface area contributed by atoms with E-state index < -0.39 is 45.8 Å². The Morgan fingerprint density at radius 3 is 2.38 bits per heavy atom. The van der Waals surface area contributed by atoms with Crippen molar-refractivity contribution in [3.8, 4) is 21.3 Å². The van der Waals surface area contributed by atoms with Crippen LogP contribution in [0.2, 0.25) is 10.0 Å². The fourth-order valence-electron chi connectivity index (χ4n) is 4.07. The molecular weight excluding hydrogens is 611 g/mol. The van der Waals surface area contributed by atoms with Crippen LogP contribution >= 0.6 is 34.5 Å². The van der Waals surface area contributed by atoms with E-state index in [2.05, 4.69) is 19.9 Å². The average molecular weight is 637 g/mol. The number of benzene rings is 1. The Labute approximate surface area is 242 Å². The van der Waals surface area contributed by atoms with Gasteiger partial charge in [-0.1, -0.05) is 29.3 Å². The molecule has 2 aliphatic rings. The van der Waals surface area contributed by atoms with Crippen LogP contribution in [0.5, 0.6) is 0 Å². The standard InChI is InChI=1S/C24H25Cl2F2N5O5S2/c1-22(2,35)21-31-30-18(38-21)19-29-16(20(34)33-10-8-24(27,28)9-11-33)17(39-19)12-4-5-13(15(26)14(12)25)40(36,37)32-23(3)6-7-23/h4-5,32,35H,6-11H2,1-3H3. The molecule has 0 atom stereocenters. The van der Waals surface area contributed by atoms with Crippen LogP contribution in [-0.4, -0.2) is 64.1 Å². The molecule has 3 aromatic rings. The van der Waals surface area contributed by atoms with Crippen LogP contribution in [0.3, 0.4) is 0 Å². The molecule has 3 heterocycles. The molecule has 1 aromatic carbocycles. The van der Waals surface area contributed by atoms with Gasteiger partial charge in [-0.25, -0.2) is 26.9 Å². The summed E-state index contributed by atoms with van der Waals surface area (Å²) in [6.07, 6.45) is 0.402. The van der Waals surface area contributed by atoms with E-state index >= 15 is 0 Å². The molecular formula is C24H25Cl2F2N5O5S2. The number of rotatable bonds is 7. The van der Waals surface area contributed by atoms with E-state index in [1.807, 2.05) is 0 Å². The number of sulfonamides is 1. The van der Waals surface area contributed by atoms with Crippen molar-refractivity contribution in [2.45, 2.75) is 68.4 Å². The fraction of sp³-hybridized carbons (Fsp3) is 0.500. The fourth-order valence-corrected chi connectivity index (χ4v) is 7.46. The minimum Gasteiger partial charge on any atom is -0.415 e. The lowest BCUT2D eigenvalue weighted by molar-refractivity contribution is -0.0494. The van der Waals surface area contributed by atoms with E-state index in [4.69, 9.17) is 27.6 Å². The van der Waals surface area contributed by atoms with Gasteiger partial charge in [0, 0.05) is 37.0 Å². The number of hydrogen-bond acceptors (Lipinski definition) is 9. The molecule has 1 aliphatic heterocycles. The van der Waals surface area contributed by atoms with Gasteiger partial charge in [0.2, 0.25) is 15.9 Å². The molecule has 0 spiro atoms. The number of carbonyl (C=O) groups is 1. The summed E-state index contributed by atoms with van der Waals surface area (Å²) < 4.78 is 61.7.